The molecular formula is Ba2FeS5Sb. The Hall–Kier alpha value is 6.23. The Labute approximate surface area is 201 Å². The standard InChI is InChI=1S/2Ba.Fe.5S.Sb/q2*+2;+3;5*-2;+3. The second-order valence-corrected chi connectivity index (χ2v) is 0. The van der Waals surface area contributed by atoms with Gasteiger partial charge in [-0.05, 0) is 0 Å². The summed E-state index contributed by atoms with van der Waals surface area (Å²) < 4.78 is 0. The van der Waals surface area contributed by atoms with Crippen molar-refractivity contribution in [2.24, 2.45) is 0 Å². The summed E-state index contributed by atoms with van der Waals surface area (Å²) >= 11 is 0. The average Bonchev–Trinajstić information content (AvgIpc) is 0. The molecule has 0 bridgehead atoms. The van der Waals surface area contributed by atoms with E-state index >= 15 is 0 Å². The van der Waals surface area contributed by atoms with Crippen LogP contribution in [0.15, 0.2) is 0 Å². The van der Waals surface area contributed by atoms with Crippen LogP contribution in [0.2, 0.25) is 0 Å². The fraction of sp³-hybridized carbons (Fsp3) is 0. The first-order chi connectivity index (χ1) is 0. The monoisotopic (exact) mass is 613 g/mol. The predicted molar refractivity (Wildman–Crippen MR) is 54.1 cm³/mol. The molecule has 0 N–H and O–H groups in total. The largest absolute Gasteiger partial charge is 3.00 e. The Bertz CT molecular complexity index is 14.9. The van der Waals surface area contributed by atoms with Gasteiger partial charge in [0.05, 0.1) is 0 Å². The molecule has 9 heavy (non-hydrogen) atoms. The van der Waals surface area contributed by atoms with Crippen molar-refractivity contribution in [1.29, 1.82) is 0 Å². The first-order valence-electron chi connectivity index (χ1n) is 0. The van der Waals surface area contributed by atoms with Crippen molar-refractivity contribution < 1.29 is 17.1 Å². The summed E-state index contributed by atoms with van der Waals surface area (Å²) in [5.74, 6) is 0. The zero-order valence-electron chi connectivity index (χ0n) is 4.26. The van der Waals surface area contributed by atoms with E-state index in [9.17, 15) is 0 Å². The van der Waals surface area contributed by atoms with Gasteiger partial charge in [-0.25, -0.2) is 0 Å². The van der Waals surface area contributed by atoms with Crippen LogP contribution in [0, 0.1) is 0 Å². The molecule has 0 fully saturated rings. The summed E-state index contributed by atoms with van der Waals surface area (Å²) in [7, 11) is 0. The van der Waals surface area contributed by atoms with Crippen molar-refractivity contribution in [3.63, 3.8) is 0 Å². The van der Waals surface area contributed by atoms with Gasteiger partial charge in [0.1, 0.15) is 0 Å². The van der Waals surface area contributed by atoms with Crippen molar-refractivity contribution in [3.05, 3.63) is 0 Å². The van der Waals surface area contributed by atoms with Gasteiger partial charge in [-0.1, -0.05) is 0 Å². The molecule has 0 spiro atoms. The van der Waals surface area contributed by atoms with Crippen molar-refractivity contribution in [2.45, 2.75) is 0 Å². The molecule has 0 aliphatic carbocycles. The zero-order chi connectivity index (χ0) is 0. The molecule has 0 aromatic carbocycles. The summed E-state index contributed by atoms with van der Waals surface area (Å²) in [6.07, 6.45) is 0. The van der Waals surface area contributed by atoms with E-state index in [1.54, 1.807) is 0 Å². The molecular weight excluding hydrogens is 613 g/mol. The van der Waals surface area contributed by atoms with Crippen molar-refractivity contribution in [3.8, 4) is 0 Å². The van der Waals surface area contributed by atoms with Crippen LogP contribution in [-0.2, 0) is 84.5 Å². The summed E-state index contributed by atoms with van der Waals surface area (Å²) in [4.78, 5) is 0. The predicted octanol–water partition coefficient (Wildman–Crippen LogP) is -1.16. The van der Waals surface area contributed by atoms with Crippen LogP contribution in [-0.4, -0.2) is 122 Å². The van der Waals surface area contributed by atoms with E-state index in [0.29, 0.717) is 0 Å². The molecule has 0 heterocycles. The molecule has 0 aliphatic heterocycles. The molecule has 0 saturated carbocycles. The van der Waals surface area contributed by atoms with Gasteiger partial charge in [0, 0.05) is 0 Å². The van der Waals surface area contributed by atoms with Gasteiger partial charge in [0.25, 0.3) is 0 Å². The number of hydrogen-bond donors (Lipinski definition) is 0. The zero-order valence-corrected chi connectivity index (χ0v) is 20.9. The van der Waals surface area contributed by atoms with Gasteiger partial charge in [-0.15, -0.1) is 0 Å². The van der Waals surface area contributed by atoms with Gasteiger partial charge >= 0.3 is 139 Å². The average molecular weight is 613 g/mol. The number of hydrogen-bond acceptors (Lipinski definition) is 0. The van der Waals surface area contributed by atoms with E-state index in [1.807, 2.05) is 0 Å². The van der Waals surface area contributed by atoms with Crippen LogP contribution in [0.5, 0.6) is 0 Å². The summed E-state index contributed by atoms with van der Waals surface area (Å²) in [5.41, 5.74) is 0. The molecule has 0 rings (SSSR count). The van der Waals surface area contributed by atoms with E-state index in [2.05, 4.69) is 0 Å². The van der Waals surface area contributed by atoms with Crippen LogP contribution in [0.4, 0.5) is 0 Å². The third-order valence-electron chi connectivity index (χ3n) is 0. The van der Waals surface area contributed by atoms with Gasteiger partial charge < -0.3 is 67.5 Å². The maximum atomic E-state index is 0. The molecule has 0 aromatic rings. The molecule has 0 aromatic heterocycles. The normalized spacial score (nSPS) is 0. The summed E-state index contributed by atoms with van der Waals surface area (Å²) in [5, 5.41) is 0. The van der Waals surface area contributed by atoms with Crippen LogP contribution < -0.4 is 0 Å². The van der Waals surface area contributed by atoms with Gasteiger partial charge in [0.15, 0.2) is 0 Å². The SMILES string of the molecule is [Ba+2].[Ba+2].[Fe+3].[S-2].[S-2].[S-2].[S-2].[S-2].[Sb+3]. The van der Waals surface area contributed by atoms with Crippen molar-refractivity contribution >= 4 is 190 Å². The molecule has 0 saturated heterocycles. The minimum atomic E-state index is 0. The fourth-order valence-electron chi connectivity index (χ4n) is 0. The topological polar surface area (TPSA) is 0 Å². The summed E-state index contributed by atoms with van der Waals surface area (Å²) in [6.45, 7) is 0. The molecule has 0 atom stereocenters. The first-order valence-corrected chi connectivity index (χ1v) is 0. The minimum Gasteiger partial charge on any atom is -2.00 e. The smallest absolute Gasteiger partial charge is 2.00 e. The van der Waals surface area contributed by atoms with E-state index in [4.69, 9.17) is 0 Å². The Morgan fingerprint density at radius 1 is 0.444 bits per heavy atom. The van der Waals surface area contributed by atoms with Crippen molar-refractivity contribution in [2.75, 3.05) is 0 Å². The van der Waals surface area contributed by atoms with Crippen LogP contribution >= 0.6 is 0 Å². The van der Waals surface area contributed by atoms with E-state index < -0.39 is 0 Å². The molecule has 47 valence electrons. The Kier molecular flexibility index (Phi) is 566. The van der Waals surface area contributed by atoms with Crippen molar-refractivity contribution in [1.82, 2.24) is 0 Å². The molecule has 0 unspecified atom stereocenters. The molecule has 3 radical (unpaired) electrons. The molecule has 0 nitrogen and oxygen atoms in total. The molecule has 0 aliphatic rings. The summed E-state index contributed by atoms with van der Waals surface area (Å²) in [6, 6.07) is 0. The third kappa shape index (κ3) is 54.8. The van der Waals surface area contributed by atoms with Gasteiger partial charge in [0.2, 0.25) is 0 Å². The molecule has 0 amide bonds. The second-order valence-electron chi connectivity index (χ2n) is 0. The van der Waals surface area contributed by atoms with E-state index in [0.717, 1.165) is 0 Å². The van der Waals surface area contributed by atoms with E-state index in [-0.39, 0.29) is 207 Å². The van der Waals surface area contributed by atoms with Crippen LogP contribution in [0.25, 0.3) is 0 Å². The molecule has 9 heteroatoms. The van der Waals surface area contributed by atoms with Crippen LogP contribution in [0.1, 0.15) is 0 Å². The number of rotatable bonds is 0. The fourth-order valence-corrected chi connectivity index (χ4v) is 0. The van der Waals surface area contributed by atoms with Gasteiger partial charge in [-0.3, -0.25) is 0 Å². The van der Waals surface area contributed by atoms with E-state index in [1.165, 1.54) is 0 Å². The Morgan fingerprint density at radius 2 is 0.444 bits per heavy atom. The first kappa shape index (κ1) is 79.5. The Morgan fingerprint density at radius 3 is 0.444 bits per heavy atom. The van der Waals surface area contributed by atoms with Gasteiger partial charge in [-0.2, -0.15) is 0 Å². The minimum absolute atomic E-state index is 0. The Balaban J connectivity index is 0. The second kappa shape index (κ2) is 64.2. The maximum Gasteiger partial charge on any atom is 3.00 e. The van der Waals surface area contributed by atoms with Crippen LogP contribution in [0.3, 0.4) is 0 Å². The third-order valence-corrected chi connectivity index (χ3v) is 0. The maximum absolute atomic E-state index is 0. The quantitative estimate of drug-likeness (QED) is 0.303.